The molecule has 2 aromatic carbocycles. The van der Waals surface area contributed by atoms with Gasteiger partial charge in [0.2, 0.25) is 0 Å². The first-order chi connectivity index (χ1) is 13.9. The summed E-state index contributed by atoms with van der Waals surface area (Å²) in [6.07, 6.45) is 0.280. The van der Waals surface area contributed by atoms with Gasteiger partial charge in [-0.05, 0) is 29.9 Å². The molecule has 0 saturated heterocycles. The van der Waals surface area contributed by atoms with Crippen molar-refractivity contribution in [3.05, 3.63) is 47.5 Å². The average molecular weight is 396 g/mol. The fourth-order valence-corrected chi connectivity index (χ4v) is 3.25. The molecule has 7 nitrogen and oxygen atoms in total. The number of carbonyl (C=O) groups is 4. The van der Waals surface area contributed by atoms with E-state index in [2.05, 4.69) is 5.32 Å². The van der Waals surface area contributed by atoms with Crippen LogP contribution in [0.4, 0.5) is 0 Å². The zero-order chi connectivity index (χ0) is 21.0. The van der Waals surface area contributed by atoms with Gasteiger partial charge in [-0.15, -0.1) is 0 Å². The Bertz CT molecular complexity index is 916. The van der Waals surface area contributed by atoms with E-state index in [-0.39, 0.29) is 43.7 Å². The second kappa shape index (κ2) is 8.86. The zero-order valence-electron chi connectivity index (χ0n) is 16.6. The van der Waals surface area contributed by atoms with Crippen LogP contribution in [0.3, 0.4) is 0 Å². The number of rotatable bonds is 8. The van der Waals surface area contributed by atoms with Gasteiger partial charge in [-0.25, -0.2) is 0 Å². The lowest BCUT2D eigenvalue weighted by atomic mass is 9.94. The monoisotopic (exact) mass is 396 g/mol. The van der Waals surface area contributed by atoms with E-state index in [9.17, 15) is 19.2 Å². The van der Waals surface area contributed by atoms with Crippen molar-refractivity contribution in [2.45, 2.75) is 26.7 Å². The number of hydrogen-bond donors (Lipinski definition) is 1. The first-order valence-corrected chi connectivity index (χ1v) is 9.68. The maximum Gasteiger partial charge on any atom is 0.306 e. The highest BCUT2D eigenvalue weighted by Gasteiger charge is 2.32. The SMILES string of the molecule is CC(C)CNC(=O)COC(=O)CCCN1C(=O)c2cccc3cccc(c23)C1=O. The van der Waals surface area contributed by atoms with Gasteiger partial charge < -0.3 is 10.1 Å². The molecule has 0 fully saturated rings. The summed E-state index contributed by atoms with van der Waals surface area (Å²) in [4.78, 5) is 50.1. The van der Waals surface area contributed by atoms with Crippen LogP contribution in [-0.4, -0.2) is 48.3 Å². The van der Waals surface area contributed by atoms with E-state index in [1.54, 1.807) is 24.3 Å². The molecule has 1 aliphatic heterocycles. The van der Waals surface area contributed by atoms with Gasteiger partial charge in [0.15, 0.2) is 6.61 Å². The van der Waals surface area contributed by atoms with Crippen LogP contribution in [0.5, 0.6) is 0 Å². The van der Waals surface area contributed by atoms with E-state index in [0.29, 0.717) is 29.0 Å². The Kier molecular flexibility index (Phi) is 6.26. The summed E-state index contributed by atoms with van der Waals surface area (Å²) in [7, 11) is 0. The summed E-state index contributed by atoms with van der Waals surface area (Å²) < 4.78 is 4.94. The largest absolute Gasteiger partial charge is 0.456 e. The van der Waals surface area contributed by atoms with E-state index < -0.39 is 5.97 Å². The molecule has 7 heteroatoms. The topological polar surface area (TPSA) is 92.8 Å². The van der Waals surface area contributed by atoms with E-state index in [0.717, 1.165) is 5.39 Å². The lowest BCUT2D eigenvalue weighted by Gasteiger charge is -2.27. The van der Waals surface area contributed by atoms with E-state index >= 15 is 0 Å². The van der Waals surface area contributed by atoms with E-state index in [1.165, 1.54) is 4.90 Å². The molecule has 0 saturated carbocycles. The zero-order valence-corrected chi connectivity index (χ0v) is 16.6. The minimum Gasteiger partial charge on any atom is -0.456 e. The molecule has 29 heavy (non-hydrogen) atoms. The lowest BCUT2D eigenvalue weighted by molar-refractivity contribution is -0.148. The molecular formula is C22H24N2O5. The van der Waals surface area contributed by atoms with Crippen LogP contribution in [0.25, 0.3) is 10.8 Å². The van der Waals surface area contributed by atoms with Crippen molar-refractivity contribution in [1.82, 2.24) is 10.2 Å². The van der Waals surface area contributed by atoms with Crippen molar-refractivity contribution in [3.63, 3.8) is 0 Å². The van der Waals surface area contributed by atoms with Gasteiger partial charge in [0, 0.05) is 36.0 Å². The van der Waals surface area contributed by atoms with Crippen molar-refractivity contribution in [2.24, 2.45) is 5.92 Å². The Morgan fingerprint density at radius 3 is 2.24 bits per heavy atom. The van der Waals surface area contributed by atoms with Gasteiger partial charge in [-0.1, -0.05) is 38.1 Å². The molecule has 0 radical (unpaired) electrons. The first-order valence-electron chi connectivity index (χ1n) is 9.68. The maximum atomic E-state index is 12.8. The number of nitrogens with one attached hydrogen (secondary N) is 1. The summed E-state index contributed by atoms with van der Waals surface area (Å²) in [6.45, 7) is 4.23. The van der Waals surface area contributed by atoms with E-state index in [4.69, 9.17) is 4.74 Å². The van der Waals surface area contributed by atoms with Crippen LogP contribution in [-0.2, 0) is 14.3 Å². The number of ether oxygens (including phenoxy) is 1. The number of esters is 1. The number of imide groups is 1. The maximum absolute atomic E-state index is 12.8. The Morgan fingerprint density at radius 2 is 1.66 bits per heavy atom. The quantitative estimate of drug-likeness (QED) is 0.547. The molecule has 3 amide bonds. The molecular weight excluding hydrogens is 372 g/mol. The molecule has 0 aromatic heterocycles. The Hall–Kier alpha value is -3.22. The molecule has 0 bridgehead atoms. The number of hydrogen-bond acceptors (Lipinski definition) is 5. The Balaban J connectivity index is 1.54. The third-order valence-corrected chi connectivity index (χ3v) is 4.69. The highest BCUT2D eigenvalue weighted by Crippen LogP contribution is 2.30. The summed E-state index contributed by atoms with van der Waals surface area (Å²) in [5.41, 5.74) is 0.976. The van der Waals surface area contributed by atoms with Crippen molar-refractivity contribution >= 4 is 34.5 Å². The predicted octanol–water partition coefficient (Wildman–Crippen LogP) is 2.53. The molecule has 0 aliphatic carbocycles. The third kappa shape index (κ3) is 4.62. The van der Waals surface area contributed by atoms with Crippen LogP contribution in [0, 0.1) is 5.92 Å². The van der Waals surface area contributed by atoms with Gasteiger partial charge in [-0.2, -0.15) is 0 Å². The van der Waals surface area contributed by atoms with Crippen LogP contribution < -0.4 is 5.32 Å². The smallest absolute Gasteiger partial charge is 0.306 e. The Labute approximate surface area is 169 Å². The Morgan fingerprint density at radius 1 is 1.03 bits per heavy atom. The van der Waals surface area contributed by atoms with Gasteiger partial charge in [0.05, 0.1) is 0 Å². The minimum absolute atomic E-state index is 0.0143. The summed E-state index contributed by atoms with van der Waals surface area (Å²) >= 11 is 0. The third-order valence-electron chi connectivity index (χ3n) is 4.69. The predicted molar refractivity (Wildman–Crippen MR) is 107 cm³/mol. The van der Waals surface area contributed by atoms with Crippen molar-refractivity contribution < 1.29 is 23.9 Å². The van der Waals surface area contributed by atoms with Gasteiger partial charge in [-0.3, -0.25) is 24.1 Å². The highest BCUT2D eigenvalue weighted by atomic mass is 16.5. The normalized spacial score (nSPS) is 13.1. The molecule has 152 valence electrons. The number of nitrogens with zero attached hydrogens (tertiary/aromatic N) is 1. The van der Waals surface area contributed by atoms with Crippen LogP contribution >= 0.6 is 0 Å². The molecule has 1 heterocycles. The molecule has 1 N–H and O–H groups in total. The minimum atomic E-state index is -0.538. The molecule has 0 spiro atoms. The van der Waals surface area contributed by atoms with Crippen molar-refractivity contribution in [2.75, 3.05) is 19.7 Å². The number of amides is 3. The lowest BCUT2D eigenvalue weighted by Crippen LogP contribution is -2.41. The van der Waals surface area contributed by atoms with Crippen LogP contribution in [0.2, 0.25) is 0 Å². The number of benzene rings is 2. The summed E-state index contributed by atoms with van der Waals surface area (Å²) in [5, 5.41) is 4.18. The molecule has 3 rings (SSSR count). The fourth-order valence-electron chi connectivity index (χ4n) is 3.25. The van der Waals surface area contributed by atoms with Crippen molar-refractivity contribution in [1.29, 1.82) is 0 Å². The fraction of sp³-hybridized carbons (Fsp3) is 0.364. The number of carbonyl (C=O) groups excluding carboxylic acids is 4. The van der Waals surface area contributed by atoms with Gasteiger partial charge >= 0.3 is 5.97 Å². The standard InChI is InChI=1S/C22H24N2O5/c1-14(2)12-23-18(25)13-29-19(26)10-5-11-24-21(27)16-8-3-6-15-7-4-9-17(20(15)16)22(24)28/h3-4,6-9,14H,5,10-13H2,1-2H3,(H,23,25). The molecule has 0 unspecified atom stereocenters. The first kappa shape index (κ1) is 20.5. The van der Waals surface area contributed by atoms with Gasteiger partial charge in [0.25, 0.3) is 17.7 Å². The molecule has 1 aliphatic rings. The average Bonchev–Trinajstić information content (AvgIpc) is 2.71. The van der Waals surface area contributed by atoms with Crippen LogP contribution in [0.15, 0.2) is 36.4 Å². The summed E-state index contributed by atoms with van der Waals surface area (Å²) in [5.74, 6) is -1.30. The van der Waals surface area contributed by atoms with E-state index in [1.807, 2.05) is 26.0 Å². The molecule has 0 atom stereocenters. The van der Waals surface area contributed by atoms with Crippen LogP contribution in [0.1, 0.15) is 47.4 Å². The molecule has 2 aromatic rings. The second-order valence-electron chi connectivity index (χ2n) is 7.43. The second-order valence-corrected chi connectivity index (χ2v) is 7.43. The van der Waals surface area contributed by atoms with Gasteiger partial charge in [0.1, 0.15) is 0 Å². The summed E-state index contributed by atoms with van der Waals surface area (Å²) in [6, 6.07) is 10.7. The highest BCUT2D eigenvalue weighted by molar-refractivity contribution is 6.25. The van der Waals surface area contributed by atoms with Crippen molar-refractivity contribution in [3.8, 4) is 0 Å².